The van der Waals surface area contributed by atoms with E-state index >= 15 is 0 Å². The van der Waals surface area contributed by atoms with Crippen molar-refractivity contribution in [2.24, 2.45) is 0 Å². The number of benzene rings is 1. The molecule has 1 aromatic carbocycles. The molecule has 0 fully saturated rings. The molecule has 22 heavy (non-hydrogen) atoms. The van der Waals surface area contributed by atoms with Crippen molar-refractivity contribution in [1.82, 2.24) is 25.6 Å². The summed E-state index contributed by atoms with van der Waals surface area (Å²) in [5, 5.41) is 14.5. The Labute approximate surface area is 140 Å². The Morgan fingerprint density at radius 2 is 2.14 bits per heavy atom. The Hall–Kier alpha value is -1.63. The van der Waals surface area contributed by atoms with Crippen LogP contribution in [0.4, 0.5) is 0 Å². The number of carbonyl (C=O) groups is 1. The number of likely N-dealkylation sites (N-methyl/N-ethyl adjacent to an activating group) is 1. The second kappa shape index (κ2) is 8.73. The second-order valence-electron chi connectivity index (χ2n) is 4.49. The van der Waals surface area contributed by atoms with Gasteiger partial charge in [0.1, 0.15) is 0 Å². The number of rotatable bonds is 6. The maximum atomic E-state index is 12.1. The summed E-state index contributed by atoms with van der Waals surface area (Å²) in [6.45, 7) is 3.21. The Morgan fingerprint density at radius 3 is 2.77 bits per heavy atom. The molecule has 0 saturated heterocycles. The van der Waals surface area contributed by atoms with Gasteiger partial charge >= 0.3 is 0 Å². The van der Waals surface area contributed by atoms with E-state index in [0.29, 0.717) is 30.2 Å². The molecular weight excluding hydrogens is 325 g/mol. The summed E-state index contributed by atoms with van der Waals surface area (Å²) in [6, 6.07) is 7.30. The van der Waals surface area contributed by atoms with Gasteiger partial charge in [-0.05, 0) is 31.7 Å². The van der Waals surface area contributed by atoms with Crippen LogP contribution in [0.15, 0.2) is 24.3 Å². The molecule has 2 rings (SSSR count). The number of halogens is 2. The Morgan fingerprint density at radius 1 is 1.36 bits per heavy atom. The molecule has 0 bridgehead atoms. The molecule has 2 aromatic rings. The molecule has 0 aliphatic heterocycles. The molecule has 0 spiro atoms. The number of nitrogens with one attached hydrogen (secondary N) is 2. The quantitative estimate of drug-likeness (QED) is 0.785. The molecule has 2 N–H and O–H groups in total. The minimum atomic E-state index is -0.213. The van der Waals surface area contributed by atoms with Crippen molar-refractivity contribution in [3.63, 3.8) is 0 Å². The summed E-state index contributed by atoms with van der Waals surface area (Å²) < 4.78 is 1.65. The molecule has 120 valence electrons. The molecule has 0 unspecified atom stereocenters. The van der Waals surface area contributed by atoms with Crippen LogP contribution in [0.5, 0.6) is 0 Å². The zero-order chi connectivity index (χ0) is 15.2. The van der Waals surface area contributed by atoms with Crippen molar-refractivity contribution in [3.05, 3.63) is 40.7 Å². The van der Waals surface area contributed by atoms with Gasteiger partial charge in [-0.2, -0.15) is 0 Å². The van der Waals surface area contributed by atoms with Crippen LogP contribution < -0.4 is 10.6 Å². The first-order valence-electron chi connectivity index (χ1n) is 6.80. The van der Waals surface area contributed by atoms with Gasteiger partial charge in [-0.3, -0.25) is 4.79 Å². The molecule has 0 saturated carbocycles. The maximum absolute atomic E-state index is 12.1. The average Bonchev–Trinajstić information content (AvgIpc) is 2.91. The lowest BCUT2D eigenvalue weighted by Gasteiger charge is -2.07. The lowest BCUT2D eigenvalue weighted by atomic mass is 10.2. The SMILES string of the molecule is CCc1c(C(=O)NCCNC)nnn1-c1cccc(Cl)c1.Cl. The van der Waals surface area contributed by atoms with E-state index in [1.54, 1.807) is 16.8 Å². The maximum Gasteiger partial charge on any atom is 0.273 e. The van der Waals surface area contributed by atoms with Gasteiger partial charge in [-0.15, -0.1) is 17.5 Å². The van der Waals surface area contributed by atoms with Gasteiger partial charge in [-0.1, -0.05) is 29.8 Å². The lowest BCUT2D eigenvalue weighted by molar-refractivity contribution is 0.0948. The third-order valence-electron chi connectivity index (χ3n) is 3.03. The Kier molecular flexibility index (Phi) is 7.31. The topological polar surface area (TPSA) is 71.8 Å². The third kappa shape index (κ3) is 4.19. The Balaban J connectivity index is 0.00000242. The molecule has 1 aromatic heterocycles. The number of nitrogens with zero attached hydrogens (tertiary/aromatic N) is 3. The number of hydrogen-bond acceptors (Lipinski definition) is 4. The fourth-order valence-corrected chi connectivity index (χ4v) is 2.18. The fraction of sp³-hybridized carbons (Fsp3) is 0.357. The van der Waals surface area contributed by atoms with E-state index in [0.717, 1.165) is 11.4 Å². The van der Waals surface area contributed by atoms with Gasteiger partial charge in [0.2, 0.25) is 0 Å². The van der Waals surface area contributed by atoms with Crippen molar-refractivity contribution < 1.29 is 4.79 Å². The molecule has 6 nitrogen and oxygen atoms in total. The van der Waals surface area contributed by atoms with E-state index in [-0.39, 0.29) is 18.3 Å². The first-order valence-corrected chi connectivity index (χ1v) is 7.18. The lowest BCUT2D eigenvalue weighted by Crippen LogP contribution is -2.31. The zero-order valence-corrected chi connectivity index (χ0v) is 14.0. The fourth-order valence-electron chi connectivity index (χ4n) is 2.00. The van der Waals surface area contributed by atoms with E-state index in [4.69, 9.17) is 11.6 Å². The van der Waals surface area contributed by atoms with Crippen LogP contribution in [0, 0.1) is 0 Å². The van der Waals surface area contributed by atoms with Gasteiger partial charge in [0.25, 0.3) is 5.91 Å². The summed E-state index contributed by atoms with van der Waals surface area (Å²) in [5.74, 6) is -0.213. The average molecular weight is 344 g/mol. The smallest absolute Gasteiger partial charge is 0.273 e. The minimum Gasteiger partial charge on any atom is -0.349 e. The largest absolute Gasteiger partial charge is 0.349 e. The first-order chi connectivity index (χ1) is 10.2. The van der Waals surface area contributed by atoms with Crippen LogP contribution in [0.2, 0.25) is 5.02 Å². The van der Waals surface area contributed by atoms with Gasteiger partial charge in [0.05, 0.1) is 11.4 Å². The molecule has 1 heterocycles. The van der Waals surface area contributed by atoms with E-state index < -0.39 is 0 Å². The monoisotopic (exact) mass is 343 g/mol. The van der Waals surface area contributed by atoms with Gasteiger partial charge in [-0.25, -0.2) is 4.68 Å². The molecule has 0 atom stereocenters. The van der Waals surface area contributed by atoms with E-state index in [9.17, 15) is 4.79 Å². The van der Waals surface area contributed by atoms with Crippen molar-refractivity contribution >= 4 is 29.9 Å². The van der Waals surface area contributed by atoms with Crippen molar-refractivity contribution in [2.45, 2.75) is 13.3 Å². The molecule has 1 amide bonds. The van der Waals surface area contributed by atoms with Crippen LogP contribution in [0.1, 0.15) is 23.1 Å². The highest BCUT2D eigenvalue weighted by Crippen LogP contribution is 2.17. The number of amides is 1. The minimum absolute atomic E-state index is 0. The summed E-state index contributed by atoms with van der Waals surface area (Å²) in [6.07, 6.45) is 0.647. The van der Waals surface area contributed by atoms with Gasteiger partial charge < -0.3 is 10.6 Å². The van der Waals surface area contributed by atoms with Crippen LogP contribution in [-0.4, -0.2) is 41.0 Å². The highest BCUT2D eigenvalue weighted by atomic mass is 35.5. The number of hydrogen-bond donors (Lipinski definition) is 2. The zero-order valence-electron chi connectivity index (χ0n) is 12.5. The summed E-state index contributed by atoms with van der Waals surface area (Å²) in [7, 11) is 1.83. The predicted octanol–water partition coefficient (Wildman–Crippen LogP) is 1.85. The Bertz CT molecular complexity index is 629. The standard InChI is InChI=1S/C14H18ClN5O.ClH/c1-3-12-13(14(21)17-8-7-16-2)18-19-20(12)11-6-4-5-10(15)9-11;/h4-6,9,16H,3,7-8H2,1-2H3,(H,17,21);1H. The number of aromatic nitrogens is 3. The van der Waals surface area contributed by atoms with E-state index in [1.807, 2.05) is 26.1 Å². The van der Waals surface area contributed by atoms with Gasteiger partial charge in [0.15, 0.2) is 5.69 Å². The second-order valence-corrected chi connectivity index (χ2v) is 4.93. The summed E-state index contributed by atoms with van der Waals surface area (Å²) in [5.41, 5.74) is 1.91. The van der Waals surface area contributed by atoms with Crippen LogP contribution in [-0.2, 0) is 6.42 Å². The summed E-state index contributed by atoms with van der Waals surface area (Å²) in [4.78, 5) is 12.1. The molecule has 0 aliphatic carbocycles. The van der Waals surface area contributed by atoms with Gasteiger partial charge in [0, 0.05) is 18.1 Å². The normalized spacial score (nSPS) is 10.1. The highest BCUT2D eigenvalue weighted by molar-refractivity contribution is 6.30. The van der Waals surface area contributed by atoms with Crippen molar-refractivity contribution in [1.29, 1.82) is 0 Å². The van der Waals surface area contributed by atoms with Crippen LogP contribution in [0.3, 0.4) is 0 Å². The first kappa shape index (κ1) is 18.4. The van der Waals surface area contributed by atoms with Crippen LogP contribution >= 0.6 is 24.0 Å². The third-order valence-corrected chi connectivity index (χ3v) is 3.26. The van der Waals surface area contributed by atoms with E-state index in [2.05, 4.69) is 20.9 Å². The molecule has 0 radical (unpaired) electrons. The van der Waals surface area contributed by atoms with Crippen molar-refractivity contribution in [2.75, 3.05) is 20.1 Å². The van der Waals surface area contributed by atoms with E-state index in [1.165, 1.54) is 0 Å². The van der Waals surface area contributed by atoms with Crippen LogP contribution in [0.25, 0.3) is 5.69 Å². The highest BCUT2D eigenvalue weighted by Gasteiger charge is 2.18. The van der Waals surface area contributed by atoms with Crippen molar-refractivity contribution in [3.8, 4) is 5.69 Å². The molecule has 0 aliphatic rings. The predicted molar refractivity (Wildman–Crippen MR) is 89.3 cm³/mol. The summed E-state index contributed by atoms with van der Waals surface area (Å²) >= 11 is 6.00. The number of carbonyl (C=O) groups excluding carboxylic acids is 1. The molecule has 8 heteroatoms. The molecular formula is C14H19Cl2N5O.